The molecule has 1 aliphatic rings. The van der Waals surface area contributed by atoms with Gasteiger partial charge in [-0.2, -0.15) is 0 Å². The molecule has 5 rings (SSSR count). The third-order valence-corrected chi connectivity index (χ3v) is 6.54. The van der Waals surface area contributed by atoms with Gasteiger partial charge in [0.25, 0.3) is 0 Å². The SMILES string of the molecule is CC(=O)Nc1ccc(N2C(=S)N[C@H](c3ccccn3)[C@H]2c2ccc(-c3ccc(Cl)cc3Cl)o2)cc1. The van der Waals surface area contributed by atoms with E-state index in [0.29, 0.717) is 32.4 Å². The molecule has 1 fully saturated rings. The maximum atomic E-state index is 11.4. The Hall–Kier alpha value is -3.39. The van der Waals surface area contributed by atoms with Crippen molar-refractivity contribution in [2.24, 2.45) is 0 Å². The molecule has 176 valence electrons. The minimum atomic E-state index is -0.316. The molecule has 3 heterocycles. The Bertz CT molecular complexity index is 1390. The quantitative estimate of drug-likeness (QED) is 0.281. The molecule has 1 saturated heterocycles. The first-order valence-corrected chi connectivity index (χ1v) is 12.0. The van der Waals surface area contributed by atoms with E-state index in [2.05, 4.69) is 15.6 Å². The van der Waals surface area contributed by atoms with Gasteiger partial charge in [-0.25, -0.2) is 0 Å². The molecule has 0 aliphatic carbocycles. The molecule has 2 N–H and O–H groups in total. The minimum absolute atomic E-state index is 0.131. The molecule has 2 aromatic carbocycles. The van der Waals surface area contributed by atoms with Gasteiger partial charge in [0, 0.05) is 35.1 Å². The van der Waals surface area contributed by atoms with Crippen molar-refractivity contribution in [1.29, 1.82) is 0 Å². The van der Waals surface area contributed by atoms with Crippen LogP contribution in [0.1, 0.15) is 30.5 Å². The lowest BCUT2D eigenvalue weighted by Gasteiger charge is -2.26. The Morgan fingerprint density at radius 1 is 1.09 bits per heavy atom. The normalized spacial score (nSPS) is 17.3. The Morgan fingerprint density at radius 2 is 1.89 bits per heavy atom. The molecule has 2 aromatic heterocycles. The van der Waals surface area contributed by atoms with Gasteiger partial charge in [0.05, 0.1) is 16.8 Å². The number of carbonyl (C=O) groups excluding carboxylic acids is 1. The standard InChI is InChI=1S/C26H20Cl2N4O2S/c1-15(33)30-17-6-8-18(9-7-17)32-25(24(31-26(32)35)21-4-2-3-13-29-21)23-12-11-22(34-23)19-10-5-16(27)14-20(19)28/h2-14,24-25H,1H3,(H,30,33)(H,31,35)/t24-,25-/m1/s1. The van der Waals surface area contributed by atoms with Crippen molar-refractivity contribution < 1.29 is 9.21 Å². The molecule has 0 saturated carbocycles. The van der Waals surface area contributed by atoms with E-state index in [1.807, 2.05) is 65.6 Å². The number of pyridine rings is 1. The van der Waals surface area contributed by atoms with Crippen molar-refractivity contribution in [3.05, 3.63) is 100 Å². The second-order valence-electron chi connectivity index (χ2n) is 8.05. The fourth-order valence-electron chi connectivity index (χ4n) is 4.18. The number of amides is 1. The molecule has 1 amide bonds. The van der Waals surface area contributed by atoms with Crippen molar-refractivity contribution >= 4 is 57.8 Å². The molecule has 0 bridgehead atoms. The lowest BCUT2D eigenvalue weighted by Crippen LogP contribution is -2.29. The van der Waals surface area contributed by atoms with E-state index in [9.17, 15) is 4.79 Å². The van der Waals surface area contributed by atoms with Crippen LogP contribution in [0.3, 0.4) is 0 Å². The number of hydrogen-bond donors (Lipinski definition) is 2. The first-order valence-electron chi connectivity index (χ1n) is 10.8. The molecule has 2 atom stereocenters. The second-order valence-corrected chi connectivity index (χ2v) is 9.28. The first kappa shape index (κ1) is 23.4. The summed E-state index contributed by atoms with van der Waals surface area (Å²) in [5, 5.41) is 7.79. The van der Waals surface area contributed by atoms with Crippen LogP contribution >= 0.6 is 35.4 Å². The fraction of sp³-hybridized carbons (Fsp3) is 0.115. The predicted octanol–water partition coefficient (Wildman–Crippen LogP) is 6.78. The van der Waals surface area contributed by atoms with Crippen LogP contribution in [0, 0.1) is 0 Å². The predicted molar refractivity (Wildman–Crippen MR) is 143 cm³/mol. The second kappa shape index (κ2) is 9.70. The molecule has 0 spiro atoms. The molecule has 1 aliphatic heterocycles. The van der Waals surface area contributed by atoms with E-state index in [1.54, 1.807) is 18.3 Å². The molecule has 0 radical (unpaired) electrons. The van der Waals surface area contributed by atoms with Gasteiger partial charge in [0.15, 0.2) is 5.11 Å². The highest BCUT2D eigenvalue weighted by Gasteiger charge is 2.42. The van der Waals surface area contributed by atoms with E-state index >= 15 is 0 Å². The number of hydrogen-bond acceptors (Lipinski definition) is 4. The van der Waals surface area contributed by atoms with Gasteiger partial charge in [0.2, 0.25) is 5.91 Å². The Morgan fingerprint density at radius 3 is 2.57 bits per heavy atom. The number of rotatable bonds is 5. The van der Waals surface area contributed by atoms with E-state index in [1.165, 1.54) is 6.92 Å². The van der Waals surface area contributed by atoms with Gasteiger partial charge in [-0.1, -0.05) is 29.3 Å². The first-order chi connectivity index (χ1) is 16.9. The van der Waals surface area contributed by atoms with E-state index in [-0.39, 0.29) is 18.0 Å². The summed E-state index contributed by atoms with van der Waals surface area (Å²) in [6.07, 6.45) is 1.75. The number of anilines is 2. The van der Waals surface area contributed by atoms with Crippen LogP contribution in [-0.4, -0.2) is 16.0 Å². The maximum Gasteiger partial charge on any atom is 0.221 e. The van der Waals surface area contributed by atoms with Crippen molar-refractivity contribution in [2.75, 3.05) is 10.2 Å². The minimum Gasteiger partial charge on any atom is -0.459 e. The zero-order valence-electron chi connectivity index (χ0n) is 18.5. The zero-order chi connectivity index (χ0) is 24.5. The van der Waals surface area contributed by atoms with Gasteiger partial charge in [0.1, 0.15) is 17.6 Å². The van der Waals surface area contributed by atoms with Crippen LogP contribution in [0.25, 0.3) is 11.3 Å². The lowest BCUT2D eigenvalue weighted by atomic mass is 10.0. The highest BCUT2D eigenvalue weighted by molar-refractivity contribution is 7.80. The molecule has 6 nitrogen and oxygen atoms in total. The van der Waals surface area contributed by atoms with Crippen molar-refractivity contribution in [3.63, 3.8) is 0 Å². The third kappa shape index (κ3) is 4.75. The summed E-state index contributed by atoms with van der Waals surface area (Å²) in [7, 11) is 0. The zero-order valence-corrected chi connectivity index (χ0v) is 20.9. The van der Waals surface area contributed by atoms with Crippen LogP contribution in [0.4, 0.5) is 11.4 Å². The van der Waals surface area contributed by atoms with Gasteiger partial charge >= 0.3 is 0 Å². The third-order valence-electron chi connectivity index (χ3n) is 5.68. The van der Waals surface area contributed by atoms with Gasteiger partial charge in [-0.15, -0.1) is 0 Å². The topological polar surface area (TPSA) is 70.4 Å². The van der Waals surface area contributed by atoms with Crippen molar-refractivity contribution in [1.82, 2.24) is 10.3 Å². The van der Waals surface area contributed by atoms with E-state index in [0.717, 1.165) is 16.9 Å². The van der Waals surface area contributed by atoms with Crippen LogP contribution < -0.4 is 15.5 Å². The number of nitrogens with zero attached hydrogens (tertiary/aromatic N) is 2. The van der Waals surface area contributed by atoms with Gasteiger partial charge in [-0.05, 0) is 78.9 Å². The van der Waals surface area contributed by atoms with Crippen LogP contribution in [0.15, 0.2) is 83.4 Å². The number of furan rings is 1. The Balaban J connectivity index is 1.56. The number of nitrogens with one attached hydrogen (secondary N) is 2. The largest absolute Gasteiger partial charge is 0.459 e. The van der Waals surface area contributed by atoms with Crippen LogP contribution in [0.2, 0.25) is 10.0 Å². The summed E-state index contributed by atoms with van der Waals surface area (Å²) in [4.78, 5) is 18.0. The summed E-state index contributed by atoms with van der Waals surface area (Å²) in [6.45, 7) is 1.47. The smallest absolute Gasteiger partial charge is 0.221 e. The van der Waals surface area contributed by atoms with Gasteiger partial charge in [-0.3, -0.25) is 9.78 Å². The summed E-state index contributed by atoms with van der Waals surface area (Å²) >= 11 is 18.3. The molecule has 9 heteroatoms. The summed E-state index contributed by atoms with van der Waals surface area (Å²) in [5.74, 6) is 1.19. The number of carbonyl (C=O) groups is 1. The highest BCUT2D eigenvalue weighted by atomic mass is 35.5. The Labute approximate surface area is 217 Å². The average molecular weight is 523 g/mol. The monoisotopic (exact) mass is 522 g/mol. The Kier molecular flexibility index (Phi) is 6.47. The molecular weight excluding hydrogens is 503 g/mol. The van der Waals surface area contributed by atoms with E-state index in [4.69, 9.17) is 39.8 Å². The summed E-state index contributed by atoms with van der Waals surface area (Å²) in [6, 6.07) is 21.8. The van der Waals surface area contributed by atoms with Gasteiger partial charge < -0.3 is 20.0 Å². The van der Waals surface area contributed by atoms with Crippen LogP contribution in [-0.2, 0) is 4.79 Å². The lowest BCUT2D eigenvalue weighted by molar-refractivity contribution is -0.114. The fourth-order valence-corrected chi connectivity index (χ4v) is 5.02. The van der Waals surface area contributed by atoms with Crippen molar-refractivity contribution in [3.8, 4) is 11.3 Å². The van der Waals surface area contributed by atoms with Crippen LogP contribution in [0.5, 0.6) is 0 Å². The number of halogens is 2. The molecule has 35 heavy (non-hydrogen) atoms. The van der Waals surface area contributed by atoms with Crippen molar-refractivity contribution in [2.45, 2.75) is 19.0 Å². The summed E-state index contributed by atoms with van der Waals surface area (Å²) < 4.78 is 6.35. The molecule has 4 aromatic rings. The number of benzene rings is 2. The summed E-state index contributed by atoms with van der Waals surface area (Å²) in [5.41, 5.74) is 3.13. The molecule has 0 unspecified atom stereocenters. The number of aromatic nitrogens is 1. The number of thiocarbonyl (C=S) groups is 1. The van der Waals surface area contributed by atoms with E-state index < -0.39 is 0 Å². The maximum absolute atomic E-state index is 11.4. The molecular formula is C26H20Cl2N4O2S. The average Bonchev–Trinajstić information content (AvgIpc) is 3.44. The highest BCUT2D eigenvalue weighted by Crippen LogP contribution is 2.43.